The molecule has 0 aliphatic carbocycles. The molecule has 0 bridgehead atoms. The van der Waals surface area contributed by atoms with E-state index in [1.165, 1.54) is 31.5 Å². The van der Waals surface area contributed by atoms with Crippen molar-refractivity contribution in [2.45, 2.75) is 19.4 Å². The van der Waals surface area contributed by atoms with Gasteiger partial charge in [-0.3, -0.25) is 4.90 Å². The number of hydrogen-bond donors (Lipinski definition) is 2. The van der Waals surface area contributed by atoms with Crippen LogP contribution >= 0.6 is 0 Å². The molecule has 2 N–H and O–H groups in total. The molecule has 1 fully saturated rings. The highest BCUT2D eigenvalue weighted by molar-refractivity contribution is 5.99. The molecule has 2 amide bonds. The zero-order valence-corrected chi connectivity index (χ0v) is 13.9. The molecule has 24 heavy (non-hydrogen) atoms. The van der Waals surface area contributed by atoms with Crippen molar-refractivity contribution >= 4 is 17.4 Å². The molecule has 5 nitrogen and oxygen atoms in total. The van der Waals surface area contributed by atoms with Crippen LogP contribution in [0.2, 0.25) is 0 Å². The van der Waals surface area contributed by atoms with E-state index in [2.05, 4.69) is 27.7 Å². The Morgan fingerprint density at radius 1 is 1.04 bits per heavy atom. The number of nitrogens with one attached hydrogen (secondary N) is 2. The third-order valence-electron chi connectivity index (χ3n) is 4.14. The van der Waals surface area contributed by atoms with Gasteiger partial charge in [-0.15, -0.1) is 0 Å². The van der Waals surface area contributed by atoms with E-state index in [0.29, 0.717) is 11.4 Å². The van der Waals surface area contributed by atoms with E-state index >= 15 is 0 Å². The number of hydrogen-bond acceptors (Lipinski definition) is 3. The number of carbonyl (C=O) groups is 1. The zero-order chi connectivity index (χ0) is 16.8. The van der Waals surface area contributed by atoms with E-state index in [0.717, 1.165) is 12.2 Å². The van der Waals surface area contributed by atoms with Gasteiger partial charge in [-0.2, -0.15) is 0 Å². The predicted molar refractivity (Wildman–Crippen MR) is 96.6 cm³/mol. The van der Waals surface area contributed by atoms with Gasteiger partial charge in [0.15, 0.2) is 0 Å². The van der Waals surface area contributed by atoms with Crippen LogP contribution in [0, 0.1) is 0 Å². The van der Waals surface area contributed by atoms with Crippen LogP contribution in [0.3, 0.4) is 0 Å². The number of anilines is 2. The number of urea groups is 1. The Labute approximate surface area is 142 Å². The number of rotatable bonds is 5. The van der Waals surface area contributed by atoms with E-state index in [9.17, 15) is 4.79 Å². The molecule has 2 aromatic carbocycles. The van der Waals surface area contributed by atoms with E-state index < -0.39 is 0 Å². The van der Waals surface area contributed by atoms with Crippen LogP contribution in [0.5, 0.6) is 5.75 Å². The second kappa shape index (κ2) is 7.84. The van der Waals surface area contributed by atoms with Gasteiger partial charge in [-0.1, -0.05) is 18.2 Å². The van der Waals surface area contributed by atoms with Gasteiger partial charge in [0.2, 0.25) is 0 Å². The molecule has 1 aliphatic heterocycles. The number of likely N-dealkylation sites (tertiary alicyclic amines) is 1. The lowest BCUT2D eigenvalue weighted by atomic mass is 10.2. The second-order valence-electron chi connectivity index (χ2n) is 5.99. The minimum absolute atomic E-state index is 0.268. The third-order valence-corrected chi connectivity index (χ3v) is 4.14. The Bertz CT molecular complexity index is 679. The summed E-state index contributed by atoms with van der Waals surface area (Å²) < 4.78 is 5.15. The minimum atomic E-state index is -0.268. The predicted octanol–water partition coefficient (Wildman–Crippen LogP) is 3.94. The van der Waals surface area contributed by atoms with Crippen LogP contribution in [0.25, 0.3) is 0 Å². The van der Waals surface area contributed by atoms with Crippen molar-refractivity contribution in [1.82, 2.24) is 4.90 Å². The highest BCUT2D eigenvalue weighted by atomic mass is 16.5. The number of methoxy groups -OCH3 is 1. The third kappa shape index (κ3) is 4.49. The van der Waals surface area contributed by atoms with Crippen molar-refractivity contribution in [3.8, 4) is 5.75 Å². The number of amides is 2. The largest absolute Gasteiger partial charge is 0.497 e. The van der Waals surface area contributed by atoms with Gasteiger partial charge in [0.25, 0.3) is 0 Å². The maximum absolute atomic E-state index is 12.1. The number of benzene rings is 2. The molecule has 1 saturated heterocycles. The van der Waals surface area contributed by atoms with E-state index in [1.54, 1.807) is 13.2 Å². The molecule has 3 rings (SSSR count). The molecule has 1 aliphatic rings. The Balaban J connectivity index is 1.53. The standard InChI is InChI=1S/C19H23N3O2/c1-24-18-6-4-5-17(13-18)21-19(23)20-16-9-7-15(8-10-16)14-22-11-2-3-12-22/h4-10,13H,2-3,11-12,14H2,1H3,(H2,20,21,23). The van der Waals surface area contributed by atoms with Crippen LogP contribution in [0.1, 0.15) is 18.4 Å². The van der Waals surface area contributed by atoms with Crippen molar-refractivity contribution in [3.05, 3.63) is 54.1 Å². The molecular weight excluding hydrogens is 302 g/mol. The quantitative estimate of drug-likeness (QED) is 0.875. The first-order valence-electron chi connectivity index (χ1n) is 8.26. The monoisotopic (exact) mass is 325 g/mol. The first-order valence-corrected chi connectivity index (χ1v) is 8.26. The highest BCUT2D eigenvalue weighted by Gasteiger charge is 2.11. The van der Waals surface area contributed by atoms with E-state index in [-0.39, 0.29) is 6.03 Å². The summed E-state index contributed by atoms with van der Waals surface area (Å²) in [5, 5.41) is 5.64. The van der Waals surface area contributed by atoms with Crippen LogP contribution in [0.4, 0.5) is 16.2 Å². The van der Waals surface area contributed by atoms with Crippen LogP contribution in [-0.2, 0) is 6.54 Å². The highest BCUT2D eigenvalue weighted by Crippen LogP contribution is 2.18. The fourth-order valence-corrected chi connectivity index (χ4v) is 2.89. The Kier molecular flexibility index (Phi) is 5.33. The average Bonchev–Trinajstić information content (AvgIpc) is 3.10. The van der Waals surface area contributed by atoms with Gasteiger partial charge in [0, 0.05) is 24.0 Å². The molecule has 0 radical (unpaired) electrons. The Morgan fingerprint density at radius 3 is 2.46 bits per heavy atom. The van der Waals surface area contributed by atoms with Crippen molar-refractivity contribution in [2.24, 2.45) is 0 Å². The molecular formula is C19H23N3O2. The lowest BCUT2D eigenvalue weighted by Crippen LogP contribution is -2.20. The van der Waals surface area contributed by atoms with Gasteiger partial charge in [0.1, 0.15) is 5.75 Å². The summed E-state index contributed by atoms with van der Waals surface area (Å²) in [6.07, 6.45) is 2.59. The summed E-state index contributed by atoms with van der Waals surface area (Å²) in [7, 11) is 1.60. The summed E-state index contributed by atoms with van der Waals surface area (Å²) in [5.74, 6) is 0.707. The molecule has 126 valence electrons. The summed E-state index contributed by atoms with van der Waals surface area (Å²) in [4.78, 5) is 14.5. The normalized spacial score (nSPS) is 14.4. The Hall–Kier alpha value is -2.53. The molecule has 0 unspecified atom stereocenters. The van der Waals surface area contributed by atoms with Crippen LogP contribution in [-0.4, -0.2) is 31.1 Å². The molecule has 0 aromatic heterocycles. The Morgan fingerprint density at radius 2 is 1.75 bits per heavy atom. The summed E-state index contributed by atoms with van der Waals surface area (Å²) in [6, 6.07) is 15.0. The van der Waals surface area contributed by atoms with E-state index in [4.69, 9.17) is 4.74 Å². The van der Waals surface area contributed by atoms with Crippen molar-refractivity contribution in [1.29, 1.82) is 0 Å². The average molecular weight is 325 g/mol. The summed E-state index contributed by atoms with van der Waals surface area (Å²) in [6.45, 7) is 3.35. The molecule has 0 atom stereocenters. The van der Waals surface area contributed by atoms with Gasteiger partial charge in [-0.05, 0) is 55.8 Å². The molecule has 0 spiro atoms. The maximum Gasteiger partial charge on any atom is 0.323 e. The van der Waals surface area contributed by atoms with E-state index in [1.807, 2.05) is 30.3 Å². The number of ether oxygens (including phenoxy) is 1. The SMILES string of the molecule is COc1cccc(NC(=O)Nc2ccc(CN3CCCC3)cc2)c1. The maximum atomic E-state index is 12.1. The molecule has 0 saturated carbocycles. The zero-order valence-electron chi connectivity index (χ0n) is 13.9. The van der Waals surface area contributed by atoms with Crippen molar-refractivity contribution in [3.63, 3.8) is 0 Å². The first kappa shape index (κ1) is 16.3. The molecule has 1 heterocycles. The summed E-state index contributed by atoms with van der Waals surface area (Å²) >= 11 is 0. The number of nitrogens with zero attached hydrogens (tertiary/aromatic N) is 1. The van der Waals surface area contributed by atoms with Crippen LogP contribution < -0.4 is 15.4 Å². The lowest BCUT2D eigenvalue weighted by Gasteiger charge is -2.15. The van der Waals surface area contributed by atoms with Crippen molar-refractivity contribution in [2.75, 3.05) is 30.8 Å². The summed E-state index contributed by atoms with van der Waals surface area (Å²) in [5.41, 5.74) is 2.74. The molecule has 2 aromatic rings. The van der Waals surface area contributed by atoms with Gasteiger partial charge in [-0.25, -0.2) is 4.79 Å². The van der Waals surface area contributed by atoms with Crippen LogP contribution in [0.15, 0.2) is 48.5 Å². The lowest BCUT2D eigenvalue weighted by molar-refractivity contribution is 0.262. The fourth-order valence-electron chi connectivity index (χ4n) is 2.89. The fraction of sp³-hybridized carbons (Fsp3) is 0.316. The van der Waals surface area contributed by atoms with Gasteiger partial charge < -0.3 is 15.4 Å². The van der Waals surface area contributed by atoms with Crippen molar-refractivity contribution < 1.29 is 9.53 Å². The number of carbonyl (C=O) groups excluding carboxylic acids is 1. The first-order chi connectivity index (χ1) is 11.7. The second-order valence-corrected chi connectivity index (χ2v) is 5.99. The smallest absolute Gasteiger partial charge is 0.323 e. The van der Waals surface area contributed by atoms with Gasteiger partial charge >= 0.3 is 6.03 Å². The minimum Gasteiger partial charge on any atom is -0.497 e. The van der Waals surface area contributed by atoms with Gasteiger partial charge in [0.05, 0.1) is 7.11 Å². The molecule has 5 heteroatoms. The topological polar surface area (TPSA) is 53.6 Å².